The lowest BCUT2D eigenvalue weighted by molar-refractivity contribution is 0.104. The van der Waals surface area contributed by atoms with Crippen molar-refractivity contribution in [3.63, 3.8) is 0 Å². The molecule has 2 N–H and O–H groups in total. The number of likely N-dealkylation sites (N-methyl/N-ethyl adjacent to an activating group) is 1. The van der Waals surface area contributed by atoms with Gasteiger partial charge in [0.1, 0.15) is 0 Å². The molecule has 0 saturated carbocycles. The molecule has 4 nitrogen and oxygen atoms in total. The number of rotatable bonds is 3. The average Bonchev–Trinajstić information content (AvgIpc) is 2.26. The minimum absolute atomic E-state index is 0.111. The highest BCUT2D eigenvalue weighted by Gasteiger charge is 2.37. The van der Waals surface area contributed by atoms with Gasteiger partial charge in [0.25, 0.3) is 0 Å². The third-order valence-corrected chi connectivity index (χ3v) is 3.24. The van der Waals surface area contributed by atoms with E-state index in [0.29, 0.717) is 12.1 Å². The van der Waals surface area contributed by atoms with Crippen LogP contribution in [0.3, 0.4) is 0 Å². The van der Waals surface area contributed by atoms with Gasteiger partial charge in [-0.2, -0.15) is 0 Å². The highest BCUT2D eigenvalue weighted by molar-refractivity contribution is 4.95. The zero-order valence-corrected chi connectivity index (χ0v) is 9.11. The van der Waals surface area contributed by atoms with Gasteiger partial charge >= 0.3 is 0 Å². The largest absolute Gasteiger partial charge is 0.392 e. The van der Waals surface area contributed by atoms with Crippen molar-refractivity contribution in [2.24, 2.45) is 0 Å². The molecule has 0 radical (unpaired) electrons. The van der Waals surface area contributed by atoms with Crippen molar-refractivity contribution in [2.45, 2.75) is 24.6 Å². The summed E-state index contributed by atoms with van der Waals surface area (Å²) in [6, 6.07) is 1.21. The number of nitrogens with zero attached hydrogens (tertiary/aromatic N) is 2. The van der Waals surface area contributed by atoms with Crippen LogP contribution in [0.15, 0.2) is 0 Å². The second-order valence-electron chi connectivity index (χ2n) is 4.81. The normalized spacial score (nSPS) is 35.1. The van der Waals surface area contributed by atoms with Crippen molar-refractivity contribution >= 4 is 0 Å². The first kappa shape index (κ1) is 10.4. The number of hydrogen-bond donors (Lipinski definition) is 2. The summed E-state index contributed by atoms with van der Waals surface area (Å²) in [6.45, 7) is 4.12. The van der Waals surface area contributed by atoms with Gasteiger partial charge in [-0.1, -0.05) is 0 Å². The lowest BCUT2D eigenvalue weighted by Crippen LogP contribution is -2.59. The predicted octanol–water partition coefficient (Wildman–Crippen LogP) is -1.04. The van der Waals surface area contributed by atoms with Crippen LogP contribution in [0.1, 0.15) is 6.42 Å². The predicted molar refractivity (Wildman–Crippen MR) is 56.3 cm³/mol. The smallest absolute Gasteiger partial charge is 0.0682 e. The van der Waals surface area contributed by atoms with Gasteiger partial charge in [-0.25, -0.2) is 0 Å². The van der Waals surface area contributed by atoms with Crippen molar-refractivity contribution < 1.29 is 5.11 Å². The van der Waals surface area contributed by atoms with Crippen LogP contribution in [0.4, 0.5) is 0 Å². The van der Waals surface area contributed by atoms with Crippen molar-refractivity contribution in [2.75, 3.05) is 40.3 Å². The van der Waals surface area contributed by atoms with Gasteiger partial charge in [0, 0.05) is 38.3 Å². The first-order valence-electron chi connectivity index (χ1n) is 5.46. The lowest BCUT2D eigenvalue weighted by atomic mass is 10.1. The zero-order chi connectivity index (χ0) is 10.1. The minimum Gasteiger partial charge on any atom is -0.392 e. The van der Waals surface area contributed by atoms with Crippen LogP contribution < -0.4 is 5.32 Å². The summed E-state index contributed by atoms with van der Waals surface area (Å²) in [5.41, 5.74) is 0. The first-order chi connectivity index (χ1) is 6.66. The van der Waals surface area contributed by atoms with Crippen LogP contribution in [0, 0.1) is 0 Å². The number of aliphatic hydroxyl groups excluding tert-OH is 1. The highest BCUT2D eigenvalue weighted by atomic mass is 16.3. The van der Waals surface area contributed by atoms with E-state index in [0.717, 1.165) is 32.6 Å². The van der Waals surface area contributed by atoms with Crippen LogP contribution in [0.2, 0.25) is 0 Å². The molecule has 2 rings (SSSR count). The van der Waals surface area contributed by atoms with Crippen LogP contribution in [-0.4, -0.2) is 73.4 Å². The van der Waals surface area contributed by atoms with Gasteiger partial charge in [0.2, 0.25) is 0 Å². The maximum atomic E-state index is 9.67. The molecule has 0 aromatic rings. The molecule has 0 amide bonds. The van der Waals surface area contributed by atoms with E-state index in [9.17, 15) is 5.11 Å². The summed E-state index contributed by atoms with van der Waals surface area (Å²) in [5, 5.41) is 13.0. The Morgan fingerprint density at radius 1 is 1.43 bits per heavy atom. The molecule has 14 heavy (non-hydrogen) atoms. The van der Waals surface area contributed by atoms with E-state index in [2.05, 4.69) is 29.2 Å². The molecular weight excluding hydrogens is 178 g/mol. The molecule has 2 aliphatic heterocycles. The van der Waals surface area contributed by atoms with Crippen LogP contribution in [0.25, 0.3) is 0 Å². The van der Waals surface area contributed by atoms with Gasteiger partial charge < -0.3 is 15.3 Å². The Morgan fingerprint density at radius 2 is 2.14 bits per heavy atom. The Morgan fingerprint density at radius 3 is 2.64 bits per heavy atom. The summed E-state index contributed by atoms with van der Waals surface area (Å²) in [5.74, 6) is 0. The number of aliphatic hydroxyl groups is 1. The van der Waals surface area contributed by atoms with Crippen molar-refractivity contribution in [1.82, 2.24) is 15.1 Å². The monoisotopic (exact) mass is 199 g/mol. The average molecular weight is 199 g/mol. The standard InChI is InChI=1S/C10H21N3O/c1-12(2)6-8-3-10(14)7-13(8)9-4-11-5-9/h8-11,14H,3-7H2,1-2H3. The van der Waals surface area contributed by atoms with E-state index in [1.54, 1.807) is 0 Å². The van der Waals surface area contributed by atoms with Crippen LogP contribution in [0.5, 0.6) is 0 Å². The number of hydrogen-bond acceptors (Lipinski definition) is 4. The first-order valence-corrected chi connectivity index (χ1v) is 5.46. The van der Waals surface area contributed by atoms with E-state index < -0.39 is 0 Å². The molecule has 2 saturated heterocycles. The maximum absolute atomic E-state index is 9.67. The van der Waals surface area contributed by atoms with Crippen molar-refractivity contribution in [3.05, 3.63) is 0 Å². The van der Waals surface area contributed by atoms with Crippen molar-refractivity contribution in [1.29, 1.82) is 0 Å². The fraction of sp³-hybridized carbons (Fsp3) is 1.00. The Labute approximate surface area is 85.9 Å². The molecule has 0 aromatic carbocycles. The fourth-order valence-corrected chi connectivity index (χ4v) is 2.47. The summed E-state index contributed by atoms with van der Waals surface area (Å²) in [7, 11) is 4.20. The lowest BCUT2D eigenvalue weighted by Gasteiger charge is -2.39. The maximum Gasteiger partial charge on any atom is 0.0682 e. The summed E-state index contributed by atoms with van der Waals surface area (Å²) in [4.78, 5) is 4.68. The van der Waals surface area contributed by atoms with E-state index in [-0.39, 0.29) is 6.10 Å². The Hall–Kier alpha value is -0.160. The number of β-amino-alcohol motifs (C(OH)–C–C–N with tert-alkyl or cyclic N) is 1. The molecule has 0 aliphatic carbocycles. The van der Waals surface area contributed by atoms with Crippen molar-refractivity contribution in [3.8, 4) is 0 Å². The zero-order valence-electron chi connectivity index (χ0n) is 9.11. The molecule has 2 fully saturated rings. The van der Waals surface area contributed by atoms with Gasteiger partial charge in [-0.15, -0.1) is 0 Å². The molecule has 2 heterocycles. The topological polar surface area (TPSA) is 38.7 Å². The molecule has 0 aromatic heterocycles. The van der Waals surface area contributed by atoms with E-state index in [1.807, 2.05) is 0 Å². The fourth-order valence-electron chi connectivity index (χ4n) is 2.47. The molecule has 0 bridgehead atoms. The van der Waals surface area contributed by atoms with Crippen LogP contribution in [-0.2, 0) is 0 Å². The Balaban J connectivity index is 1.91. The molecule has 82 valence electrons. The summed E-state index contributed by atoms with van der Waals surface area (Å²) < 4.78 is 0. The second-order valence-corrected chi connectivity index (χ2v) is 4.81. The second kappa shape index (κ2) is 4.14. The number of likely N-dealkylation sites (tertiary alicyclic amines) is 1. The van der Waals surface area contributed by atoms with E-state index >= 15 is 0 Å². The van der Waals surface area contributed by atoms with Gasteiger partial charge in [-0.05, 0) is 20.5 Å². The van der Waals surface area contributed by atoms with Crippen LogP contribution >= 0.6 is 0 Å². The molecule has 0 spiro atoms. The third kappa shape index (κ3) is 2.08. The van der Waals surface area contributed by atoms with Gasteiger partial charge in [0.05, 0.1) is 6.10 Å². The Kier molecular flexibility index (Phi) is 3.07. The quantitative estimate of drug-likeness (QED) is 0.609. The molecule has 2 unspecified atom stereocenters. The molecule has 2 aliphatic rings. The van der Waals surface area contributed by atoms with Gasteiger partial charge in [0.15, 0.2) is 0 Å². The number of nitrogens with one attached hydrogen (secondary N) is 1. The van der Waals surface area contributed by atoms with Gasteiger partial charge in [-0.3, -0.25) is 4.90 Å². The minimum atomic E-state index is -0.111. The third-order valence-electron chi connectivity index (χ3n) is 3.24. The van der Waals surface area contributed by atoms with E-state index in [1.165, 1.54) is 0 Å². The Bertz CT molecular complexity index is 194. The molecule has 2 atom stereocenters. The molecular formula is C10H21N3O. The molecule has 4 heteroatoms. The summed E-state index contributed by atoms with van der Waals surface area (Å²) >= 11 is 0. The highest BCUT2D eigenvalue weighted by Crippen LogP contribution is 2.22. The SMILES string of the molecule is CN(C)CC1CC(O)CN1C1CNC1. The summed E-state index contributed by atoms with van der Waals surface area (Å²) in [6.07, 6.45) is 0.829. The van der Waals surface area contributed by atoms with E-state index in [4.69, 9.17) is 0 Å².